The van der Waals surface area contributed by atoms with Gasteiger partial charge in [0.15, 0.2) is 0 Å². The Labute approximate surface area is 165 Å². The van der Waals surface area contributed by atoms with Crippen LogP contribution in [0.5, 0.6) is 0 Å². The second-order valence-electron chi connectivity index (χ2n) is 7.55. The maximum atomic E-state index is 12.5. The summed E-state index contributed by atoms with van der Waals surface area (Å²) in [5, 5.41) is 8.52. The highest BCUT2D eigenvalue weighted by Crippen LogP contribution is 2.22. The molecule has 0 saturated heterocycles. The lowest BCUT2D eigenvalue weighted by Crippen LogP contribution is -2.39. The van der Waals surface area contributed by atoms with Gasteiger partial charge in [-0.25, -0.2) is 0 Å². The molecule has 6 heteroatoms. The fourth-order valence-electron chi connectivity index (χ4n) is 2.83. The van der Waals surface area contributed by atoms with Crippen molar-refractivity contribution < 1.29 is 14.4 Å². The molecule has 0 unspecified atom stereocenters. The lowest BCUT2D eigenvalue weighted by atomic mass is 9.94. The Hall–Kier alpha value is -3.15. The zero-order valence-corrected chi connectivity index (χ0v) is 16.9. The van der Waals surface area contributed by atoms with E-state index in [9.17, 15) is 14.4 Å². The topological polar surface area (TPSA) is 87.3 Å². The Morgan fingerprint density at radius 3 is 2.00 bits per heavy atom. The summed E-state index contributed by atoms with van der Waals surface area (Å²) in [4.78, 5) is 36.0. The van der Waals surface area contributed by atoms with Crippen LogP contribution in [0.15, 0.2) is 48.5 Å². The summed E-state index contributed by atoms with van der Waals surface area (Å²) in [6, 6.07) is 13.9. The molecule has 2 rings (SSSR count). The van der Waals surface area contributed by atoms with Crippen molar-refractivity contribution in [2.45, 2.75) is 46.2 Å². The van der Waals surface area contributed by atoms with Crippen molar-refractivity contribution in [3.8, 4) is 0 Å². The minimum Gasteiger partial charge on any atom is -0.350 e. The lowest BCUT2D eigenvalue weighted by molar-refractivity contribution is -0.120. The molecule has 0 atom stereocenters. The lowest BCUT2D eigenvalue weighted by Gasteiger charge is -2.26. The van der Waals surface area contributed by atoms with Gasteiger partial charge >= 0.3 is 0 Å². The first-order valence-electron chi connectivity index (χ1n) is 9.20. The van der Waals surface area contributed by atoms with Crippen molar-refractivity contribution in [1.82, 2.24) is 10.6 Å². The van der Waals surface area contributed by atoms with Crippen LogP contribution in [0, 0.1) is 0 Å². The Bertz CT molecular complexity index is 871. The minimum absolute atomic E-state index is 0.0187. The molecule has 0 heterocycles. The first kappa shape index (κ1) is 21.2. The van der Waals surface area contributed by atoms with Gasteiger partial charge in [-0.1, -0.05) is 18.2 Å². The van der Waals surface area contributed by atoms with Gasteiger partial charge in [-0.2, -0.15) is 0 Å². The fourth-order valence-corrected chi connectivity index (χ4v) is 2.83. The van der Waals surface area contributed by atoms with E-state index in [-0.39, 0.29) is 23.8 Å². The summed E-state index contributed by atoms with van der Waals surface area (Å²) < 4.78 is 0. The Morgan fingerprint density at radius 1 is 0.893 bits per heavy atom. The second-order valence-corrected chi connectivity index (χ2v) is 7.55. The van der Waals surface area contributed by atoms with E-state index in [4.69, 9.17) is 0 Å². The SMILES string of the molecule is CC(=O)NC(C)(C)c1ccc(NC(=O)c2cccc(C(=O)NC(C)C)c2)cc1. The predicted octanol–water partition coefficient (Wildman–Crippen LogP) is 3.45. The number of hydrogen-bond acceptors (Lipinski definition) is 3. The third kappa shape index (κ3) is 5.67. The molecule has 148 valence electrons. The van der Waals surface area contributed by atoms with Gasteiger partial charge in [-0.05, 0) is 63.6 Å². The van der Waals surface area contributed by atoms with Crippen LogP contribution in [-0.2, 0) is 10.3 Å². The molecule has 3 amide bonds. The molecule has 2 aromatic rings. The Morgan fingerprint density at radius 2 is 1.46 bits per heavy atom. The van der Waals surface area contributed by atoms with Gasteiger partial charge in [0, 0.05) is 29.8 Å². The van der Waals surface area contributed by atoms with Crippen LogP contribution in [0.3, 0.4) is 0 Å². The molecule has 2 aromatic carbocycles. The molecule has 6 nitrogen and oxygen atoms in total. The monoisotopic (exact) mass is 381 g/mol. The molecule has 0 saturated carbocycles. The van der Waals surface area contributed by atoms with Crippen molar-refractivity contribution in [3.63, 3.8) is 0 Å². The smallest absolute Gasteiger partial charge is 0.255 e. The first-order valence-corrected chi connectivity index (χ1v) is 9.20. The van der Waals surface area contributed by atoms with Crippen LogP contribution in [0.2, 0.25) is 0 Å². The molecule has 28 heavy (non-hydrogen) atoms. The average molecular weight is 381 g/mol. The van der Waals surface area contributed by atoms with Crippen LogP contribution >= 0.6 is 0 Å². The largest absolute Gasteiger partial charge is 0.350 e. The van der Waals surface area contributed by atoms with Crippen LogP contribution in [0.1, 0.15) is 60.9 Å². The van der Waals surface area contributed by atoms with Crippen LogP contribution in [0.4, 0.5) is 5.69 Å². The van der Waals surface area contributed by atoms with Gasteiger partial charge in [0.1, 0.15) is 0 Å². The number of anilines is 1. The van der Waals surface area contributed by atoms with Crippen molar-refractivity contribution in [3.05, 3.63) is 65.2 Å². The highest BCUT2D eigenvalue weighted by atomic mass is 16.2. The van der Waals surface area contributed by atoms with E-state index in [1.165, 1.54) is 6.92 Å². The molecule has 0 bridgehead atoms. The van der Waals surface area contributed by atoms with Gasteiger partial charge in [0.05, 0.1) is 5.54 Å². The number of hydrogen-bond donors (Lipinski definition) is 3. The first-order chi connectivity index (χ1) is 13.1. The van der Waals surface area contributed by atoms with Crippen LogP contribution < -0.4 is 16.0 Å². The van der Waals surface area contributed by atoms with Crippen molar-refractivity contribution in [1.29, 1.82) is 0 Å². The van der Waals surface area contributed by atoms with E-state index in [0.717, 1.165) is 5.56 Å². The summed E-state index contributed by atoms with van der Waals surface area (Å²) in [7, 11) is 0. The summed E-state index contributed by atoms with van der Waals surface area (Å²) in [5.41, 5.74) is 1.89. The normalized spacial score (nSPS) is 11.1. The second kappa shape index (κ2) is 8.69. The quantitative estimate of drug-likeness (QED) is 0.716. The average Bonchev–Trinajstić information content (AvgIpc) is 2.60. The van der Waals surface area contributed by atoms with Gasteiger partial charge < -0.3 is 16.0 Å². The Kier molecular flexibility index (Phi) is 6.57. The van der Waals surface area contributed by atoms with E-state index in [2.05, 4.69) is 16.0 Å². The molecule has 0 fully saturated rings. The molecule has 0 aliphatic carbocycles. The van der Waals surface area contributed by atoms with Gasteiger partial charge in [-0.3, -0.25) is 14.4 Å². The summed E-state index contributed by atoms with van der Waals surface area (Å²) >= 11 is 0. The molecule has 0 aromatic heterocycles. The summed E-state index contributed by atoms with van der Waals surface area (Å²) in [6.07, 6.45) is 0. The molecule has 3 N–H and O–H groups in total. The number of rotatable bonds is 6. The minimum atomic E-state index is -0.507. The maximum absolute atomic E-state index is 12.5. The molecule has 0 aliphatic heterocycles. The molecule has 0 spiro atoms. The fraction of sp³-hybridized carbons (Fsp3) is 0.318. The van der Waals surface area contributed by atoms with Crippen LogP contribution in [0.25, 0.3) is 0 Å². The molecule has 0 radical (unpaired) electrons. The van der Waals surface area contributed by atoms with E-state index in [1.54, 1.807) is 36.4 Å². The molecular formula is C22H27N3O3. The van der Waals surface area contributed by atoms with Crippen molar-refractivity contribution in [2.24, 2.45) is 0 Å². The highest BCUT2D eigenvalue weighted by molar-refractivity contribution is 6.06. The number of amides is 3. The number of carbonyl (C=O) groups is 3. The van der Waals surface area contributed by atoms with Crippen LogP contribution in [-0.4, -0.2) is 23.8 Å². The van der Waals surface area contributed by atoms with Gasteiger partial charge in [0.2, 0.25) is 5.91 Å². The summed E-state index contributed by atoms with van der Waals surface area (Å²) in [5.74, 6) is -0.619. The highest BCUT2D eigenvalue weighted by Gasteiger charge is 2.21. The Balaban J connectivity index is 2.11. The zero-order valence-electron chi connectivity index (χ0n) is 16.9. The predicted molar refractivity (Wildman–Crippen MR) is 110 cm³/mol. The molecule has 0 aliphatic rings. The number of benzene rings is 2. The van der Waals surface area contributed by atoms with Gasteiger partial charge in [-0.15, -0.1) is 0 Å². The maximum Gasteiger partial charge on any atom is 0.255 e. The zero-order chi connectivity index (χ0) is 20.9. The van der Waals surface area contributed by atoms with Crippen molar-refractivity contribution >= 4 is 23.4 Å². The summed E-state index contributed by atoms with van der Waals surface area (Å²) in [6.45, 7) is 9.06. The molecular weight excluding hydrogens is 354 g/mol. The van der Waals surface area contributed by atoms with Gasteiger partial charge in [0.25, 0.3) is 11.8 Å². The number of carbonyl (C=O) groups excluding carboxylic acids is 3. The van der Waals surface area contributed by atoms with E-state index in [0.29, 0.717) is 16.8 Å². The third-order valence-corrected chi connectivity index (χ3v) is 4.16. The standard InChI is InChI=1S/C22H27N3O3/c1-14(2)23-20(27)16-7-6-8-17(13-16)21(28)24-19-11-9-18(10-12-19)22(4,5)25-15(3)26/h6-14H,1-5H3,(H,23,27)(H,24,28)(H,25,26). The van der Waals surface area contributed by atoms with E-state index < -0.39 is 5.54 Å². The number of nitrogens with one attached hydrogen (secondary N) is 3. The van der Waals surface area contributed by atoms with Crippen molar-refractivity contribution in [2.75, 3.05) is 5.32 Å². The van der Waals surface area contributed by atoms with E-state index in [1.807, 2.05) is 39.8 Å². The third-order valence-electron chi connectivity index (χ3n) is 4.16. The van der Waals surface area contributed by atoms with E-state index >= 15 is 0 Å².